The van der Waals surface area contributed by atoms with Crippen LogP contribution in [-0.2, 0) is 33.3 Å². The van der Waals surface area contributed by atoms with Gasteiger partial charge in [-0.25, -0.2) is 0 Å². The molecule has 542 valence electrons. The van der Waals surface area contributed by atoms with E-state index in [4.69, 9.17) is 18.9 Å². The second-order valence-electron chi connectivity index (χ2n) is 26.9. The summed E-state index contributed by atoms with van der Waals surface area (Å²) in [5, 5.41) is 11.9. The van der Waals surface area contributed by atoms with Gasteiger partial charge in [0.05, 0.1) is 40.3 Å². The van der Waals surface area contributed by atoms with Crippen molar-refractivity contribution in [3.8, 4) is 0 Å². The number of hydrogen-bond donors (Lipinski definition) is 0. The molecule has 0 spiro atoms. The number of allylic oxidation sites excluding steroid dienone is 24. The summed E-state index contributed by atoms with van der Waals surface area (Å²) < 4.78 is 22.9. The Kier molecular flexibility index (Phi) is 71.1. The van der Waals surface area contributed by atoms with Crippen molar-refractivity contribution >= 4 is 17.9 Å². The van der Waals surface area contributed by atoms with E-state index >= 15 is 0 Å². The minimum atomic E-state index is -1.63. The topological polar surface area (TPSA) is 111 Å². The smallest absolute Gasteiger partial charge is 0.306 e. The van der Waals surface area contributed by atoms with E-state index in [1.165, 1.54) is 173 Å². The fourth-order valence-electron chi connectivity index (χ4n) is 10.7. The van der Waals surface area contributed by atoms with E-state index in [0.717, 1.165) is 116 Å². The van der Waals surface area contributed by atoms with Crippen LogP contribution in [0.15, 0.2) is 146 Å². The molecule has 0 saturated carbocycles. The van der Waals surface area contributed by atoms with Gasteiger partial charge in [0.2, 0.25) is 0 Å². The van der Waals surface area contributed by atoms with Crippen molar-refractivity contribution in [2.75, 3.05) is 47.5 Å². The number of ether oxygens (including phenoxy) is 4. The number of likely N-dealkylation sites (N-methyl/N-ethyl adjacent to an activating group) is 1. The maximum absolute atomic E-state index is 13.0. The number of carboxylic acid groups (broad SMARTS) is 1. The molecule has 2 unspecified atom stereocenters. The van der Waals surface area contributed by atoms with Gasteiger partial charge in [0, 0.05) is 12.8 Å². The Labute approximate surface area is 585 Å². The third-order valence-electron chi connectivity index (χ3n) is 16.6. The Morgan fingerprint density at radius 3 is 0.842 bits per heavy atom. The maximum Gasteiger partial charge on any atom is 0.306 e. The fraction of sp³-hybridized carbons (Fsp3) is 0.686. The van der Waals surface area contributed by atoms with Crippen LogP contribution in [0.2, 0.25) is 0 Å². The van der Waals surface area contributed by atoms with Gasteiger partial charge in [0.1, 0.15) is 13.2 Å². The van der Waals surface area contributed by atoms with Crippen molar-refractivity contribution in [2.45, 2.75) is 334 Å². The van der Waals surface area contributed by atoms with Crippen molar-refractivity contribution in [1.82, 2.24) is 0 Å². The van der Waals surface area contributed by atoms with Gasteiger partial charge >= 0.3 is 11.9 Å². The zero-order chi connectivity index (χ0) is 69.0. The summed E-state index contributed by atoms with van der Waals surface area (Å²) >= 11 is 0. The van der Waals surface area contributed by atoms with Crippen LogP contribution in [0.3, 0.4) is 0 Å². The van der Waals surface area contributed by atoms with Gasteiger partial charge in [-0.05, 0) is 116 Å². The molecule has 0 aliphatic rings. The molecule has 0 saturated heterocycles. The highest BCUT2D eigenvalue weighted by Crippen LogP contribution is 2.18. The third kappa shape index (κ3) is 76.4. The average molecular weight is 1320 g/mol. The van der Waals surface area contributed by atoms with E-state index in [9.17, 15) is 19.5 Å². The predicted molar refractivity (Wildman–Crippen MR) is 407 cm³/mol. The molecule has 0 bridgehead atoms. The number of carbonyl (C=O) groups is 3. The lowest BCUT2D eigenvalue weighted by molar-refractivity contribution is -0.870. The molecule has 0 aromatic rings. The van der Waals surface area contributed by atoms with E-state index in [0.29, 0.717) is 17.4 Å². The molecule has 0 radical (unpaired) electrons. The monoisotopic (exact) mass is 1320 g/mol. The first-order valence-electron chi connectivity index (χ1n) is 39.0. The Morgan fingerprint density at radius 2 is 0.568 bits per heavy atom. The molecule has 95 heavy (non-hydrogen) atoms. The summed E-state index contributed by atoms with van der Waals surface area (Å²) in [6, 6.07) is 0. The van der Waals surface area contributed by atoms with Gasteiger partial charge in [-0.1, -0.05) is 339 Å². The molecule has 0 aliphatic heterocycles. The Hall–Kier alpha value is -4.83. The summed E-state index contributed by atoms with van der Waals surface area (Å²) in [6.45, 7) is 4.54. The second kappa shape index (κ2) is 75.0. The Balaban J connectivity index is 4.06. The highest BCUT2D eigenvalue weighted by Gasteiger charge is 2.22. The van der Waals surface area contributed by atoms with E-state index in [-0.39, 0.29) is 38.6 Å². The molecule has 9 nitrogen and oxygen atoms in total. The molecular formula is C86H145NO8. The van der Waals surface area contributed by atoms with Crippen LogP contribution in [0.25, 0.3) is 0 Å². The molecule has 0 aromatic carbocycles. The van der Waals surface area contributed by atoms with Gasteiger partial charge in [-0.15, -0.1) is 0 Å². The average Bonchev–Trinajstić information content (AvgIpc) is 3.58. The van der Waals surface area contributed by atoms with Crippen LogP contribution in [0.1, 0.15) is 322 Å². The molecule has 0 heterocycles. The zero-order valence-electron chi connectivity index (χ0n) is 62.0. The highest BCUT2D eigenvalue weighted by atomic mass is 16.7. The number of aliphatic carboxylic acids is 1. The number of quaternary nitrogens is 1. The van der Waals surface area contributed by atoms with Gasteiger partial charge in [-0.3, -0.25) is 9.59 Å². The quantitative estimate of drug-likeness (QED) is 0.0195. The molecule has 9 heteroatoms. The molecule has 0 rings (SSSR count). The molecule has 0 fully saturated rings. The van der Waals surface area contributed by atoms with Crippen LogP contribution in [-0.4, -0.2) is 82.3 Å². The number of unbranched alkanes of at least 4 members (excludes halogenated alkanes) is 32. The molecule has 0 amide bonds. The van der Waals surface area contributed by atoms with Crippen LogP contribution in [0, 0.1) is 0 Å². The first kappa shape index (κ1) is 90.2. The summed E-state index contributed by atoms with van der Waals surface area (Å²) in [5.74, 6) is -2.28. The number of carboxylic acids is 1. The van der Waals surface area contributed by atoms with Gasteiger partial charge in [0.25, 0.3) is 0 Å². The largest absolute Gasteiger partial charge is 0.545 e. The minimum Gasteiger partial charge on any atom is -0.545 e. The first-order chi connectivity index (χ1) is 46.6. The Bertz CT molecular complexity index is 2080. The fourth-order valence-corrected chi connectivity index (χ4v) is 10.7. The molecular weight excluding hydrogens is 1170 g/mol. The molecule has 0 aromatic heterocycles. The number of nitrogens with zero attached hydrogens (tertiary/aromatic N) is 1. The summed E-state index contributed by atoms with van der Waals surface area (Å²) in [5.41, 5.74) is 0. The lowest BCUT2D eigenvalue weighted by Crippen LogP contribution is -2.44. The van der Waals surface area contributed by atoms with Gasteiger partial charge in [-0.2, -0.15) is 0 Å². The standard InChI is InChI=1S/C86H145NO8/c1-6-8-10-12-14-16-18-20-22-24-26-28-30-32-34-36-38-40-42-44-46-48-50-52-54-56-58-60-62-64-66-68-70-72-74-76-83(88)93-80-82(81-94-86(85(90)91)92-79-78-87(3,4)5)95-84(89)77-75-73-71-69-67-65-63-61-59-57-55-53-51-49-47-45-43-41-39-37-35-33-31-29-27-25-23-21-19-17-15-13-11-9-7-2/h8-11,14-17,20-23,26-29,32-35,39,41,45,47,82,86H,6-7,12-13,18-19,24-25,30-31,36-38,40,42-44,46,48-81H2,1-5H3/b10-8-,11-9-,16-14-,17-15-,22-20-,23-21-,28-26-,29-27-,34-32-,35-33-,41-39-,47-45-. The van der Waals surface area contributed by atoms with E-state index in [1.54, 1.807) is 0 Å². The van der Waals surface area contributed by atoms with Crippen molar-refractivity contribution in [3.05, 3.63) is 146 Å². The lowest BCUT2D eigenvalue weighted by Gasteiger charge is -2.26. The van der Waals surface area contributed by atoms with Crippen molar-refractivity contribution in [3.63, 3.8) is 0 Å². The van der Waals surface area contributed by atoms with E-state index in [1.807, 2.05) is 21.1 Å². The lowest BCUT2D eigenvalue weighted by atomic mass is 10.0. The predicted octanol–water partition coefficient (Wildman–Crippen LogP) is 23.7. The van der Waals surface area contributed by atoms with E-state index in [2.05, 4.69) is 160 Å². The van der Waals surface area contributed by atoms with Crippen LogP contribution < -0.4 is 5.11 Å². The number of esters is 2. The Morgan fingerprint density at radius 1 is 0.316 bits per heavy atom. The minimum absolute atomic E-state index is 0.143. The van der Waals surface area contributed by atoms with Crippen LogP contribution >= 0.6 is 0 Å². The summed E-state index contributed by atoms with van der Waals surface area (Å²) in [7, 11) is 5.94. The first-order valence-corrected chi connectivity index (χ1v) is 39.0. The summed E-state index contributed by atoms with van der Waals surface area (Å²) in [4.78, 5) is 37.6. The number of rotatable bonds is 71. The van der Waals surface area contributed by atoms with Crippen LogP contribution in [0.5, 0.6) is 0 Å². The zero-order valence-corrected chi connectivity index (χ0v) is 62.0. The second-order valence-corrected chi connectivity index (χ2v) is 26.9. The SMILES string of the molecule is CC/C=C\C/C=C\C/C=C\C/C=C\C/C=C\C/C=C\C/C=C\CCCCCCCCCCCCCCCC(=O)OC(COC(=O)CCCCCCCCCCCCCCCCCCCCC/C=C\C/C=C\C/C=C\C/C=C\C/C=C\CC)COC(OCC[N+](C)(C)C)C(=O)[O-]. The summed E-state index contributed by atoms with van der Waals surface area (Å²) in [6.07, 6.45) is 107. The van der Waals surface area contributed by atoms with Gasteiger partial charge < -0.3 is 33.3 Å². The highest BCUT2D eigenvalue weighted by molar-refractivity contribution is 5.70. The van der Waals surface area contributed by atoms with Crippen molar-refractivity contribution < 1.29 is 42.9 Å². The van der Waals surface area contributed by atoms with E-state index < -0.39 is 24.3 Å². The third-order valence-corrected chi connectivity index (χ3v) is 16.6. The van der Waals surface area contributed by atoms with Crippen LogP contribution in [0.4, 0.5) is 0 Å². The molecule has 2 atom stereocenters. The number of carbonyl (C=O) groups excluding carboxylic acids is 3. The van der Waals surface area contributed by atoms with Crippen molar-refractivity contribution in [2.24, 2.45) is 0 Å². The molecule has 0 N–H and O–H groups in total. The maximum atomic E-state index is 13.0. The van der Waals surface area contributed by atoms with Crippen molar-refractivity contribution in [1.29, 1.82) is 0 Å². The normalized spacial score (nSPS) is 13.5. The van der Waals surface area contributed by atoms with Gasteiger partial charge in [0.15, 0.2) is 12.4 Å². The molecule has 0 aliphatic carbocycles. The number of hydrogen-bond acceptors (Lipinski definition) is 8.